The lowest BCUT2D eigenvalue weighted by molar-refractivity contribution is 0.160. The number of likely N-dealkylation sites (tertiary alicyclic amines) is 1. The minimum absolute atomic E-state index is 0.224. The molecule has 2 N–H and O–H groups in total. The Kier molecular flexibility index (Phi) is 4.85. The molecule has 0 radical (unpaired) electrons. The van der Waals surface area contributed by atoms with Crippen LogP contribution < -0.4 is 5.73 Å². The van der Waals surface area contributed by atoms with E-state index in [0.717, 1.165) is 44.0 Å². The number of piperidine rings is 1. The van der Waals surface area contributed by atoms with Crippen LogP contribution in [0, 0.1) is 11.7 Å². The predicted molar refractivity (Wildman–Crippen MR) is 85.2 cm³/mol. The molecule has 2 heterocycles. The van der Waals surface area contributed by atoms with Crippen molar-refractivity contribution in [2.45, 2.75) is 25.8 Å². The van der Waals surface area contributed by atoms with E-state index in [4.69, 9.17) is 5.73 Å². The lowest BCUT2D eigenvalue weighted by Gasteiger charge is -2.32. The topological polar surface area (TPSA) is 47.1 Å². The van der Waals surface area contributed by atoms with Crippen molar-refractivity contribution in [1.29, 1.82) is 0 Å². The van der Waals surface area contributed by atoms with Crippen molar-refractivity contribution in [1.82, 2.24) is 14.7 Å². The molecule has 1 saturated heterocycles. The van der Waals surface area contributed by atoms with Gasteiger partial charge in [-0.05, 0) is 68.6 Å². The van der Waals surface area contributed by atoms with E-state index in [1.807, 2.05) is 10.7 Å². The smallest absolute Gasteiger partial charge is 0.123 e. The Bertz CT molecular complexity index is 591. The first-order chi connectivity index (χ1) is 10.8. The number of nitrogens with zero attached hydrogens (tertiary/aromatic N) is 3. The molecular formula is C17H23FN4. The summed E-state index contributed by atoms with van der Waals surface area (Å²) in [6.45, 7) is 3.87. The summed E-state index contributed by atoms with van der Waals surface area (Å²) in [6.07, 6.45) is 5.42. The zero-order valence-corrected chi connectivity index (χ0v) is 12.8. The lowest BCUT2D eigenvalue weighted by Crippen LogP contribution is -2.36. The van der Waals surface area contributed by atoms with E-state index < -0.39 is 0 Å². The Hall–Kier alpha value is -1.72. The van der Waals surface area contributed by atoms with E-state index in [1.165, 1.54) is 25.0 Å². The molecule has 1 aliphatic rings. The zero-order valence-electron chi connectivity index (χ0n) is 12.8. The van der Waals surface area contributed by atoms with Gasteiger partial charge in [0.25, 0.3) is 0 Å². The molecule has 1 atom stereocenters. The second-order valence-electron chi connectivity index (χ2n) is 6.03. The molecule has 5 heteroatoms. The fourth-order valence-electron chi connectivity index (χ4n) is 3.26. The summed E-state index contributed by atoms with van der Waals surface area (Å²) in [6, 6.07) is 8.51. The van der Waals surface area contributed by atoms with E-state index >= 15 is 0 Å². The Morgan fingerprint density at radius 3 is 2.82 bits per heavy atom. The van der Waals surface area contributed by atoms with Crippen molar-refractivity contribution in [2.24, 2.45) is 11.7 Å². The SMILES string of the molecule is NCCC1CCCN(Cc2ccnn2-c2ccc(F)cc2)C1. The largest absolute Gasteiger partial charge is 0.330 e. The standard InChI is InChI=1S/C17H23FN4/c18-15-3-5-16(6-4-15)22-17(8-10-20-22)13-21-11-1-2-14(12-21)7-9-19/h3-6,8,10,14H,1-2,7,9,11-13,19H2. The number of hydrogen-bond acceptors (Lipinski definition) is 3. The van der Waals surface area contributed by atoms with Crippen LogP contribution in [0.25, 0.3) is 5.69 Å². The first kappa shape index (κ1) is 15.2. The molecule has 1 fully saturated rings. The molecule has 1 aromatic heterocycles. The Morgan fingerprint density at radius 1 is 1.23 bits per heavy atom. The molecular weight excluding hydrogens is 279 g/mol. The number of nitrogens with two attached hydrogens (primary N) is 1. The van der Waals surface area contributed by atoms with E-state index in [-0.39, 0.29) is 5.82 Å². The van der Waals surface area contributed by atoms with Crippen LogP contribution in [-0.2, 0) is 6.54 Å². The van der Waals surface area contributed by atoms with Crippen LogP contribution in [0.5, 0.6) is 0 Å². The highest BCUT2D eigenvalue weighted by Gasteiger charge is 2.20. The van der Waals surface area contributed by atoms with Gasteiger partial charge in [0.15, 0.2) is 0 Å². The van der Waals surface area contributed by atoms with Crippen LogP contribution in [-0.4, -0.2) is 34.3 Å². The normalized spacial score (nSPS) is 19.5. The second-order valence-corrected chi connectivity index (χ2v) is 6.03. The molecule has 0 aliphatic carbocycles. The van der Waals surface area contributed by atoms with E-state index in [1.54, 1.807) is 18.3 Å². The molecule has 22 heavy (non-hydrogen) atoms. The molecule has 0 spiro atoms. The summed E-state index contributed by atoms with van der Waals surface area (Å²) < 4.78 is 15.0. The number of aromatic nitrogens is 2. The fourth-order valence-corrected chi connectivity index (χ4v) is 3.26. The average Bonchev–Trinajstić information content (AvgIpc) is 2.97. The summed E-state index contributed by atoms with van der Waals surface area (Å²) in [5, 5.41) is 4.38. The maximum atomic E-state index is 13.1. The van der Waals surface area contributed by atoms with Gasteiger partial charge in [0.2, 0.25) is 0 Å². The zero-order chi connectivity index (χ0) is 15.4. The monoisotopic (exact) mass is 302 g/mol. The van der Waals surface area contributed by atoms with Crippen molar-refractivity contribution < 1.29 is 4.39 Å². The van der Waals surface area contributed by atoms with Gasteiger partial charge in [0.05, 0.1) is 11.4 Å². The molecule has 118 valence electrons. The van der Waals surface area contributed by atoms with Crippen LogP contribution >= 0.6 is 0 Å². The van der Waals surface area contributed by atoms with Gasteiger partial charge in [-0.3, -0.25) is 4.90 Å². The van der Waals surface area contributed by atoms with Crippen LogP contribution in [0.2, 0.25) is 0 Å². The van der Waals surface area contributed by atoms with E-state index in [0.29, 0.717) is 5.92 Å². The third-order valence-electron chi connectivity index (χ3n) is 4.36. The number of benzene rings is 1. The van der Waals surface area contributed by atoms with Gasteiger partial charge in [-0.1, -0.05) is 0 Å². The number of halogens is 1. The van der Waals surface area contributed by atoms with Crippen molar-refractivity contribution in [3.63, 3.8) is 0 Å². The molecule has 0 saturated carbocycles. The first-order valence-electron chi connectivity index (χ1n) is 7.97. The van der Waals surface area contributed by atoms with Gasteiger partial charge in [0, 0.05) is 19.3 Å². The van der Waals surface area contributed by atoms with Gasteiger partial charge < -0.3 is 5.73 Å². The Morgan fingerprint density at radius 2 is 2.05 bits per heavy atom. The van der Waals surface area contributed by atoms with Crippen LogP contribution in [0.4, 0.5) is 4.39 Å². The van der Waals surface area contributed by atoms with Crippen molar-refractivity contribution >= 4 is 0 Å². The highest BCUT2D eigenvalue weighted by molar-refractivity contribution is 5.32. The third-order valence-corrected chi connectivity index (χ3v) is 4.36. The van der Waals surface area contributed by atoms with E-state index in [9.17, 15) is 4.39 Å². The first-order valence-corrected chi connectivity index (χ1v) is 7.97. The van der Waals surface area contributed by atoms with Crippen molar-refractivity contribution in [3.05, 3.63) is 48.0 Å². The average molecular weight is 302 g/mol. The maximum absolute atomic E-state index is 13.1. The summed E-state index contributed by atoms with van der Waals surface area (Å²) in [5.41, 5.74) is 7.73. The summed E-state index contributed by atoms with van der Waals surface area (Å²) in [7, 11) is 0. The van der Waals surface area contributed by atoms with Crippen LogP contribution in [0.1, 0.15) is 25.0 Å². The minimum atomic E-state index is -0.224. The lowest BCUT2D eigenvalue weighted by atomic mass is 9.95. The molecule has 0 amide bonds. The quantitative estimate of drug-likeness (QED) is 0.923. The summed E-state index contributed by atoms with van der Waals surface area (Å²) >= 11 is 0. The minimum Gasteiger partial charge on any atom is -0.330 e. The van der Waals surface area contributed by atoms with Crippen molar-refractivity contribution in [2.75, 3.05) is 19.6 Å². The van der Waals surface area contributed by atoms with Gasteiger partial charge >= 0.3 is 0 Å². The highest BCUT2D eigenvalue weighted by Crippen LogP contribution is 2.21. The van der Waals surface area contributed by atoms with Gasteiger partial charge in [-0.15, -0.1) is 0 Å². The molecule has 2 aromatic rings. The third kappa shape index (κ3) is 3.54. The van der Waals surface area contributed by atoms with Crippen LogP contribution in [0.15, 0.2) is 36.5 Å². The Balaban J connectivity index is 1.71. The van der Waals surface area contributed by atoms with Crippen LogP contribution in [0.3, 0.4) is 0 Å². The van der Waals surface area contributed by atoms with Gasteiger partial charge in [0.1, 0.15) is 5.82 Å². The maximum Gasteiger partial charge on any atom is 0.123 e. The summed E-state index contributed by atoms with van der Waals surface area (Å²) in [4.78, 5) is 2.47. The highest BCUT2D eigenvalue weighted by atomic mass is 19.1. The Labute approximate surface area is 130 Å². The number of hydrogen-bond donors (Lipinski definition) is 1. The van der Waals surface area contributed by atoms with Gasteiger partial charge in [-0.2, -0.15) is 5.10 Å². The molecule has 3 rings (SSSR count). The van der Waals surface area contributed by atoms with Gasteiger partial charge in [-0.25, -0.2) is 9.07 Å². The molecule has 1 aliphatic heterocycles. The summed E-state index contributed by atoms with van der Waals surface area (Å²) in [5.74, 6) is 0.485. The molecule has 0 bridgehead atoms. The fraction of sp³-hybridized carbons (Fsp3) is 0.471. The van der Waals surface area contributed by atoms with Crippen molar-refractivity contribution in [3.8, 4) is 5.69 Å². The van der Waals surface area contributed by atoms with E-state index in [2.05, 4.69) is 10.00 Å². The second kappa shape index (κ2) is 7.03. The molecule has 4 nitrogen and oxygen atoms in total. The molecule has 1 unspecified atom stereocenters. The molecule has 1 aromatic carbocycles. The predicted octanol–water partition coefficient (Wildman–Crippen LogP) is 2.57. The number of rotatable bonds is 5.